The van der Waals surface area contributed by atoms with Gasteiger partial charge in [-0.25, -0.2) is 4.79 Å². The Hall–Kier alpha value is -1.44. The molecule has 0 aliphatic heterocycles. The third-order valence-electron chi connectivity index (χ3n) is 4.17. The first-order valence-corrected chi connectivity index (χ1v) is 6.69. The van der Waals surface area contributed by atoms with Crippen molar-refractivity contribution in [3.63, 3.8) is 0 Å². The van der Waals surface area contributed by atoms with Crippen molar-refractivity contribution in [2.24, 2.45) is 11.8 Å². The molecule has 0 radical (unpaired) electrons. The van der Waals surface area contributed by atoms with Crippen molar-refractivity contribution in [2.75, 3.05) is 13.2 Å². The van der Waals surface area contributed by atoms with Gasteiger partial charge in [-0.2, -0.15) is 0 Å². The molecule has 0 spiro atoms. The second kappa shape index (κ2) is 5.90. The third kappa shape index (κ3) is 2.70. The van der Waals surface area contributed by atoms with Crippen LogP contribution < -0.4 is 11.2 Å². The Labute approximate surface area is 115 Å². The lowest BCUT2D eigenvalue weighted by molar-refractivity contribution is -0.0162. The first-order chi connectivity index (χ1) is 9.47. The number of rotatable bonds is 3. The predicted octanol–water partition coefficient (Wildman–Crippen LogP) is -1.24. The van der Waals surface area contributed by atoms with Gasteiger partial charge < -0.3 is 15.3 Å². The molecule has 0 amide bonds. The number of aromatic nitrogens is 2. The fraction of sp³-hybridized carbons (Fsp3) is 0.692. The molecule has 20 heavy (non-hydrogen) atoms. The summed E-state index contributed by atoms with van der Waals surface area (Å²) < 4.78 is 1.32. The normalized spacial score (nSPS) is 30.4. The van der Waals surface area contributed by atoms with Crippen LogP contribution >= 0.6 is 0 Å². The van der Waals surface area contributed by atoms with Crippen LogP contribution in [0.5, 0.6) is 0 Å². The van der Waals surface area contributed by atoms with Crippen molar-refractivity contribution < 1.29 is 15.3 Å². The van der Waals surface area contributed by atoms with Crippen LogP contribution in [0.1, 0.15) is 24.4 Å². The van der Waals surface area contributed by atoms with Crippen LogP contribution in [-0.2, 0) is 0 Å². The van der Waals surface area contributed by atoms with E-state index in [2.05, 4.69) is 4.98 Å². The Bertz CT molecular complexity index is 579. The molecule has 1 saturated carbocycles. The fourth-order valence-electron chi connectivity index (χ4n) is 2.90. The summed E-state index contributed by atoms with van der Waals surface area (Å²) in [5.41, 5.74) is -0.617. The van der Waals surface area contributed by atoms with Crippen molar-refractivity contribution in [3.05, 3.63) is 32.6 Å². The average molecular weight is 284 g/mol. The second-order valence-electron chi connectivity index (χ2n) is 5.47. The Morgan fingerprint density at radius 1 is 1.25 bits per heavy atom. The highest BCUT2D eigenvalue weighted by atomic mass is 16.3. The third-order valence-corrected chi connectivity index (χ3v) is 4.17. The maximum absolute atomic E-state index is 11.9. The largest absolute Gasteiger partial charge is 0.396 e. The summed E-state index contributed by atoms with van der Waals surface area (Å²) >= 11 is 0. The summed E-state index contributed by atoms with van der Waals surface area (Å²) in [6, 6.07) is -0.502. The van der Waals surface area contributed by atoms with Crippen LogP contribution in [0, 0.1) is 18.8 Å². The van der Waals surface area contributed by atoms with E-state index >= 15 is 0 Å². The van der Waals surface area contributed by atoms with Gasteiger partial charge in [0.1, 0.15) is 0 Å². The van der Waals surface area contributed by atoms with Gasteiger partial charge in [0.2, 0.25) is 0 Å². The Morgan fingerprint density at radius 3 is 2.45 bits per heavy atom. The highest BCUT2D eigenvalue weighted by Crippen LogP contribution is 2.35. The van der Waals surface area contributed by atoms with Crippen molar-refractivity contribution in [1.29, 1.82) is 0 Å². The Kier molecular flexibility index (Phi) is 4.42. The maximum atomic E-state index is 11.9. The van der Waals surface area contributed by atoms with Crippen molar-refractivity contribution in [1.82, 2.24) is 9.55 Å². The van der Waals surface area contributed by atoms with Gasteiger partial charge in [0, 0.05) is 25.0 Å². The number of H-pyrrole nitrogens is 1. The molecule has 1 aliphatic rings. The van der Waals surface area contributed by atoms with E-state index in [4.69, 9.17) is 0 Å². The van der Waals surface area contributed by atoms with Crippen LogP contribution in [-0.4, -0.2) is 44.2 Å². The molecule has 112 valence electrons. The molecule has 1 aromatic rings. The number of nitrogens with one attached hydrogen (secondary N) is 1. The molecule has 2 rings (SSSR count). The van der Waals surface area contributed by atoms with Gasteiger partial charge in [-0.1, -0.05) is 0 Å². The van der Waals surface area contributed by atoms with Gasteiger partial charge in [0.25, 0.3) is 5.56 Å². The fourth-order valence-corrected chi connectivity index (χ4v) is 2.90. The van der Waals surface area contributed by atoms with Crippen LogP contribution in [0.4, 0.5) is 0 Å². The summed E-state index contributed by atoms with van der Waals surface area (Å²) in [5, 5.41) is 28.8. The van der Waals surface area contributed by atoms with Gasteiger partial charge in [-0.15, -0.1) is 0 Å². The van der Waals surface area contributed by atoms with Crippen LogP contribution in [0.25, 0.3) is 0 Å². The van der Waals surface area contributed by atoms with E-state index in [-0.39, 0.29) is 25.0 Å². The van der Waals surface area contributed by atoms with Crippen LogP contribution in [0.15, 0.2) is 15.8 Å². The monoisotopic (exact) mass is 284 g/mol. The predicted molar refractivity (Wildman–Crippen MR) is 71.5 cm³/mol. The minimum absolute atomic E-state index is 0.103. The highest BCUT2D eigenvalue weighted by molar-refractivity contribution is 5.03. The quantitative estimate of drug-likeness (QED) is 0.554. The standard InChI is InChI=1S/C13H20N2O5/c1-7-4-15(13(20)14-12(7)19)10-2-8(5-16)9(6-17)3-11(10)18/h4,8-11,16-18H,2-3,5-6H2,1H3,(H,14,19,20). The van der Waals surface area contributed by atoms with Crippen molar-refractivity contribution in [2.45, 2.75) is 31.9 Å². The molecule has 0 saturated heterocycles. The van der Waals surface area contributed by atoms with Crippen molar-refractivity contribution >= 4 is 0 Å². The van der Waals surface area contributed by atoms with Crippen LogP contribution in [0.3, 0.4) is 0 Å². The van der Waals surface area contributed by atoms with Gasteiger partial charge in [-0.05, 0) is 31.6 Å². The molecule has 4 atom stereocenters. The van der Waals surface area contributed by atoms with E-state index in [1.807, 2.05) is 0 Å². The maximum Gasteiger partial charge on any atom is 0.328 e. The molecule has 0 aromatic carbocycles. The smallest absolute Gasteiger partial charge is 0.328 e. The van der Waals surface area contributed by atoms with E-state index < -0.39 is 23.4 Å². The summed E-state index contributed by atoms with van der Waals surface area (Å²) in [4.78, 5) is 25.5. The van der Waals surface area contributed by atoms with E-state index in [1.165, 1.54) is 10.8 Å². The lowest BCUT2D eigenvalue weighted by Gasteiger charge is -2.38. The first kappa shape index (κ1) is 15.0. The molecule has 0 bridgehead atoms. The molecular formula is C13H20N2O5. The first-order valence-electron chi connectivity index (χ1n) is 6.69. The lowest BCUT2D eigenvalue weighted by atomic mass is 9.76. The summed E-state index contributed by atoms with van der Waals surface area (Å²) in [7, 11) is 0. The van der Waals surface area contributed by atoms with Gasteiger partial charge in [0.15, 0.2) is 0 Å². The number of aryl methyl sites for hydroxylation is 1. The number of nitrogens with zero attached hydrogens (tertiary/aromatic N) is 1. The van der Waals surface area contributed by atoms with Crippen molar-refractivity contribution in [3.8, 4) is 0 Å². The van der Waals surface area contributed by atoms with E-state index in [0.29, 0.717) is 18.4 Å². The zero-order valence-corrected chi connectivity index (χ0v) is 11.3. The minimum atomic E-state index is -0.794. The molecule has 4 N–H and O–H groups in total. The number of aliphatic hydroxyl groups excluding tert-OH is 3. The molecule has 7 nitrogen and oxygen atoms in total. The molecule has 7 heteroatoms. The van der Waals surface area contributed by atoms with Gasteiger partial charge in [0.05, 0.1) is 12.1 Å². The SMILES string of the molecule is Cc1cn(C2CC(CO)C(CO)CC2O)c(=O)[nH]c1=O. The number of hydrogen-bond acceptors (Lipinski definition) is 5. The molecule has 1 heterocycles. The lowest BCUT2D eigenvalue weighted by Crippen LogP contribution is -2.44. The van der Waals surface area contributed by atoms with E-state index in [1.54, 1.807) is 6.92 Å². The summed E-state index contributed by atoms with van der Waals surface area (Å²) in [6.07, 6.45) is 1.34. The Morgan fingerprint density at radius 2 is 1.85 bits per heavy atom. The number of aromatic amines is 1. The van der Waals surface area contributed by atoms with Crippen LogP contribution in [0.2, 0.25) is 0 Å². The van der Waals surface area contributed by atoms with E-state index in [9.17, 15) is 24.9 Å². The minimum Gasteiger partial charge on any atom is -0.396 e. The molecule has 1 aliphatic carbocycles. The van der Waals surface area contributed by atoms with E-state index in [0.717, 1.165) is 0 Å². The number of hydrogen-bond donors (Lipinski definition) is 4. The summed E-state index contributed by atoms with van der Waals surface area (Å²) in [5.74, 6) is -0.349. The molecule has 1 fully saturated rings. The average Bonchev–Trinajstić information content (AvgIpc) is 2.43. The molecular weight excluding hydrogens is 264 g/mol. The van der Waals surface area contributed by atoms with Gasteiger partial charge >= 0.3 is 5.69 Å². The second-order valence-corrected chi connectivity index (χ2v) is 5.47. The molecule has 4 unspecified atom stereocenters. The molecule has 1 aromatic heterocycles. The zero-order chi connectivity index (χ0) is 14.9. The Balaban J connectivity index is 2.35. The van der Waals surface area contributed by atoms with Gasteiger partial charge in [-0.3, -0.25) is 14.3 Å². The topological polar surface area (TPSA) is 116 Å². The summed E-state index contributed by atoms with van der Waals surface area (Å²) in [6.45, 7) is 1.38. The zero-order valence-electron chi connectivity index (χ0n) is 11.3. The number of aliphatic hydroxyl groups is 3. The highest BCUT2D eigenvalue weighted by Gasteiger charge is 2.37.